The van der Waals surface area contributed by atoms with E-state index in [1.165, 1.54) is 30.6 Å². The number of aromatic carboxylic acids is 1. The normalized spacial score (nSPS) is 9.00. The summed E-state index contributed by atoms with van der Waals surface area (Å²) in [5, 5.41) is 19.5. The molecule has 0 bridgehead atoms. The smallest absolute Gasteiger partial charge is 0.342 e. The molecule has 1 heterocycles. The van der Waals surface area contributed by atoms with E-state index in [4.69, 9.17) is 5.11 Å². The summed E-state index contributed by atoms with van der Waals surface area (Å²) < 4.78 is 0. The predicted octanol–water partition coefficient (Wildman–Crippen LogP) is 1.81. The lowest BCUT2D eigenvalue weighted by Gasteiger charge is -1.92. The Hall–Kier alpha value is -2.50. The van der Waals surface area contributed by atoms with E-state index in [9.17, 15) is 14.9 Å². The summed E-state index contributed by atoms with van der Waals surface area (Å²) in [5.41, 5.74) is -0.855. The molecule has 0 aliphatic rings. The molecule has 6 heteroatoms. The van der Waals surface area contributed by atoms with Crippen molar-refractivity contribution in [1.29, 1.82) is 0 Å². The fourth-order valence-electron chi connectivity index (χ4n) is 1.000. The molecule has 0 radical (unpaired) electrons. The van der Waals surface area contributed by atoms with Crippen molar-refractivity contribution in [3.63, 3.8) is 0 Å². The van der Waals surface area contributed by atoms with Crippen LogP contribution in [-0.2, 0) is 0 Å². The molecule has 1 rings (SSSR count). The lowest BCUT2D eigenvalue weighted by Crippen LogP contribution is -2.00. The van der Waals surface area contributed by atoms with Crippen LogP contribution < -0.4 is 0 Å². The minimum Gasteiger partial charge on any atom is -0.477 e. The Bertz CT molecular complexity index is 429. The van der Waals surface area contributed by atoms with Gasteiger partial charge in [0.15, 0.2) is 0 Å². The zero-order valence-corrected chi connectivity index (χ0v) is 8.11. The van der Waals surface area contributed by atoms with Crippen molar-refractivity contribution in [2.24, 2.45) is 0 Å². The molecular weight excluding hydrogens is 212 g/mol. The topological polar surface area (TPSA) is 93.3 Å². The molecular formula is C10H8N2O4. The van der Waals surface area contributed by atoms with Crippen LogP contribution in [0.3, 0.4) is 0 Å². The van der Waals surface area contributed by atoms with Crippen LogP contribution in [0.15, 0.2) is 42.7 Å². The first-order chi connectivity index (χ1) is 7.63. The van der Waals surface area contributed by atoms with Crippen LogP contribution in [0.4, 0.5) is 5.69 Å². The highest BCUT2D eigenvalue weighted by atomic mass is 16.6. The Balaban J connectivity index is 3.55. The minimum absolute atomic E-state index is 0.374. The first-order valence-electron chi connectivity index (χ1n) is 4.28. The van der Waals surface area contributed by atoms with Gasteiger partial charge in [0.25, 0.3) is 5.69 Å². The van der Waals surface area contributed by atoms with Crippen molar-refractivity contribution in [1.82, 2.24) is 4.98 Å². The average Bonchev–Trinajstić information content (AvgIpc) is 2.24. The lowest BCUT2D eigenvalue weighted by atomic mass is 10.2. The fourth-order valence-corrected chi connectivity index (χ4v) is 1.000. The number of hydrogen-bond donors (Lipinski definition) is 1. The van der Waals surface area contributed by atoms with Crippen LogP contribution >= 0.6 is 0 Å². The van der Waals surface area contributed by atoms with Crippen LogP contribution in [-0.4, -0.2) is 21.0 Å². The van der Waals surface area contributed by atoms with Crippen LogP contribution in [0.2, 0.25) is 0 Å². The number of aromatic nitrogens is 1. The largest absolute Gasteiger partial charge is 0.477 e. The van der Waals surface area contributed by atoms with E-state index in [-0.39, 0.29) is 5.56 Å². The number of rotatable bonds is 2. The second-order valence-electron chi connectivity index (χ2n) is 2.72. The lowest BCUT2D eigenvalue weighted by molar-refractivity contribution is -0.385. The molecule has 1 aromatic rings. The summed E-state index contributed by atoms with van der Waals surface area (Å²) in [7, 11) is 0. The zero-order valence-electron chi connectivity index (χ0n) is 8.11. The van der Waals surface area contributed by atoms with E-state index in [1.807, 2.05) is 0 Å². The predicted molar refractivity (Wildman–Crippen MR) is 55.5 cm³/mol. The third-order valence-electron chi connectivity index (χ3n) is 1.68. The number of carboxylic acid groups (broad SMARTS) is 1. The van der Waals surface area contributed by atoms with Crippen LogP contribution in [0, 0.1) is 10.1 Å². The summed E-state index contributed by atoms with van der Waals surface area (Å²) in [5.74, 6) is -1.35. The van der Waals surface area contributed by atoms with Crippen LogP contribution in [0.25, 0.3) is 0 Å². The highest BCUT2D eigenvalue weighted by Gasteiger charge is 2.16. The quantitative estimate of drug-likeness (QED) is 0.605. The molecule has 0 atom stereocenters. The molecule has 6 nitrogen and oxygen atoms in total. The highest BCUT2D eigenvalue weighted by Crippen LogP contribution is 2.14. The van der Waals surface area contributed by atoms with Gasteiger partial charge in [-0.15, -0.1) is 0 Å². The van der Waals surface area contributed by atoms with E-state index in [0.717, 1.165) is 12.1 Å². The van der Waals surface area contributed by atoms with E-state index in [0.29, 0.717) is 0 Å². The van der Waals surface area contributed by atoms with Crippen molar-refractivity contribution in [3.05, 3.63) is 58.4 Å². The van der Waals surface area contributed by atoms with Gasteiger partial charge in [0, 0.05) is 18.5 Å². The molecule has 0 fully saturated rings. The fraction of sp³-hybridized carbons (Fsp3) is 0. The molecule has 0 aromatic carbocycles. The molecule has 0 amide bonds. The average molecular weight is 220 g/mol. The molecule has 0 saturated carbocycles. The highest BCUT2D eigenvalue weighted by molar-refractivity contribution is 5.91. The molecule has 1 N–H and O–H groups in total. The van der Waals surface area contributed by atoms with Crippen molar-refractivity contribution in [2.45, 2.75) is 0 Å². The van der Waals surface area contributed by atoms with Gasteiger partial charge >= 0.3 is 5.97 Å². The van der Waals surface area contributed by atoms with Gasteiger partial charge in [0.05, 0.1) is 4.92 Å². The van der Waals surface area contributed by atoms with Crippen LogP contribution in [0.5, 0.6) is 0 Å². The Morgan fingerprint density at radius 1 is 1.25 bits per heavy atom. The summed E-state index contributed by atoms with van der Waals surface area (Å²) in [6.07, 6.45) is 2.77. The maximum Gasteiger partial charge on any atom is 0.342 e. The van der Waals surface area contributed by atoms with E-state index < -0.39 is 16.6 Å². The number of carboxylic acids is 1. The number of nitro groups is 1. The molecule has 0 aliphatic carbocycles. The Kier molecular flexibility index (Phi) is 3.90. The molecule has 1 aromatic heterocycles. The standard InChI is InChI=1S/C10H8N2O4/c13-10(14)8-4-1-2-6-11-7-3-5-9(8)12(15)16/h1-7H,(H,13,14). The number of nitrogens with zero attached hydrogens (tertiary/aromatic N) is 2. The van der Waals surface area contributed by atoms with E-state index in [1.54, 1.807) is 0 Å². The SMILES string of the molecule is O=C(O)c1ccccncccc1[N+](=O)[O-]. The van der Waals surface area contributed by atoms with Gasteiger partial charge in [0.1, 0.15) is 5.56 Å². The van der Waals surface area contributed by atoms with Crippen molar-refractivity contribution in [3.8, 4) is 0 Å². The van der Waals surface area contributed by atoms with E-state index in [2.05, 4.69) is 4.98 Å². The monoisotopic (exact) mass is 220 g/mol. The Morgan fingerprint density at radius 3 is 2.56 bits per heavy atom. The first kappa shape index (κ1) is 11.6. The van der Waals surface area contributed by atoms with Gasteiger partial charge in [-0.2, -0.15) is 0 Å². The summed E-state index contributed by atoms with van der Waals surface area (Å²) in [6.45, 7) is 0. The van der Waals surface area contributed by atoms with Crippen molar-refractivity contribution in [2.75, 3.05) is 0 Å². The Labute approximate surface area is 90.7 Å². The van der Waals surface area contributed by atoms with E-state index >= 15 is 0 Å². The van der Waals surface area contributed by atoms with Gasteiger partial charge in [0.2, 0.25) is 0 Å². The zero-order chi connectivity index (χ0) is 12.0. The summed E-state index contributed by atoms with van der Waals surface area (Å²) in [6, 6.07) is 6.42. The third kappa shape index (κ3) is 3.02. The molecule has 82 valence electrons. The van der Waals surface area contributed by atoms with Crippen LogP contribution in [0.1, 0.15) is 10.4 Å². The molecule has 0 unspecified atom stereocenters. The molecule has 0 saturated heterocycles. The van der Waals surface area contributed by atoms with Gasteiger partial charge in [-0.1, -0.05) is 6.07 Å². The van der Waals surface area contributed by atoms with Crippen molar-refractivity contribution >= 4 is 11.7 Å². The second-order valence-corrected chi connectivity index (χ2v) is 2.72. The molecule has 0 spiro atoms. The molecule has 0 aliphatic heterocycles. The second kappa shape index (κ2) is 5.40. The van der Waals surface area contributed by atoms with Gasteiger partial charge in [-0.3, -0.25) is 15.1 Å². The minimum atomic E-state index is -1.35. The Morgan fingerprint density at radius 2 is 1.94 bits per heavy atom. The summed E-state index contributed by atoms with van der Waals surface area (Å²) in [4.78, 5) is 24.5. The van der Waals surface area contributed by atoms with Gasteiger partial charge in [-0.05, 0) is 18.2 Å². The van der Waals surface area contributed by atoms with Gasteiger partial charge < -0.3 is 5.11 Å². The van der Waals surface area contributed by atoms with Gasteiger partial charge in [-0.25, -0.2) is 4.79 Å². The molecule has 16 heavy (non-hydrogen) atoms. The third-order valence-corrected chi connectivity index (χ3v) is 1.68. The van der Waals surface area contributed by atoms with Crippen molar-refractivity contribution < 1.29 is 14.8 Å². The first-order valence-corrected chi connectivity index (χ1v) is 4.28. The number of hydrogen-bond acceptors (Lipinski definition) is 4. The number of carbonyl (C=O) groups is 1. The maximum atomic E-state index is 10.8. The maximum absolute atomic E-state index is 10.8. The summed E-state index contributed by atoms with van der Waals surface area (Å²) >= 11 is 0.